The Morgan fingerprint density at radius 1 is 1.35 bits per heavy atom. The molecule has 96 valence electrons. The van der Waals surface area contributed by atoms with Crippen molar-refractivity contribution in [3.8, 4) is 0 Å². The van der Waals surface area contributed by atoms with Crippen molar-refractivity contribution < 1.29 is 21.6 Å². The zero-order valence-corrected chi connectivity index (χ0v) is 11.2. The lowest BCUT2D eigenvalue weighted by Gasteiger charge is -2.18. The molecule has 1 atom stereocenters. The van der Waals surface area contributed by atoms with Crippen LogP contribution in [0.1, 0.15) is 10.8 Å². The summed E-state index contributed by atoms with van der Waals surface area (Å²) in [5, 5.41) is 1.78. The summed E-state index contributed by atoms with van der Waals surface area (Å²) in [5.41, 5.74) is -0.520. The molecule has 1 unspecified atom stereocenters. The molecule has 0 spiro atoms. The van der Waals surface area contributed by atoms with Crippen molar-refractivity contribution in [1.82, 2.24) is 0 Å². The van der Waals surface area contributed by atoms with Gasteiger partial charge in [0.1, 0.15) is 0 Å². The number of hydrogen-bond donors (Lipinski definition) is 1. The van der Waals surface area contributed by atoms with Crippen molar-refractivity contribution in [3.05, 3.63) is 33.3 Å². The van der Waals surface area contributed by atoms with E-state index in [0.717, 1.165) is 12.1 Å². The second kappa shape index (κ2) is 4.75. The normalized spacial score (nSPS) is 14.7. The standard InChI is InChI=1S/C8H6BrClF3NO2S/c9-5-2-1-4(3-6(5)10)7(8(11,12)13)17(14,15)16/h1-3,7H,(H2,14,15,16). The van der Waals surface area contributed by atoms with Crippen LogP contribution in [0.2, 0.25) is 5.02 Å². The maximum Gasteiger partial charge on any atom is 0.410 e. The number of halogens is 5. The van der Waals surface area contributed by atoms with Crippen LogP contribution in [0.15, 0.2) is 22.7 Å². The van der Waals surface area contributed by atoms with Crippen LogP contribution in [0.3, 0.4) is 0 Å². The smallest absolute Gasteiger partial charge is 0.228 e. The molecule has 0 fully saturated rings. The van der Waals surface area contributed by atoms with Crippen LogP contribution < -0.4 is 5.14 Å². The van der Waals surface area contributed by atoms with Crippen molar-refractivity contribution in [3.63, 3.8) is 0 Å². The van der Waals surface area contributed by atoms with E-state index in [2.05, 4.69) is 21.1 Å². The second-order valence-corrected chi connectivity index (χ2v) is 6.10. The van der Waals surface area contributed by atoms with Gasteiger partial charge in [-0.2, -0.15) is 13.2 Å². The highest BCUT2D eigenvalue weighted by molar-refractivity contribution is 9.10. The van der Waals surface area contributed by atoms with Crippen LogP contribution >= 0.6 is 27.5 Å². The molecule has 0 aliphatic heterocycles. The molecule has 0 aromatic heterocycles. The monoisotopic (exact) mass is 351 g/mol. The predicted octanol–water partition coefficient (Wildman–Crippen LogP) is 2.99. The molecule has 1 aromatic rings. The molecule has 3 nitrogen and oxygen atoms in total. The average molecular weight is 353 g/mol. The van der Waals surface area contributed by atoms with E-state index in [4.69, 9.17) is 11.6 Å². The summed E-state index contributed by atoms with van der Waals surface area (Å²) in [6.45, 7) is 0. The molecule has 0 bridgehead atoms. The Labute approximate surface area is 109 Å². The number of nitrogens with two attached hydrogens (primary N) is 1. The Bertz CT molecular complexity index is 532. The van der Waals surface area contributed by atoms with Crippen LogP contribution in [-0.2, 0) is 10.0 Å². The summed E-state index contributed by atoms with van der Waals surface area (Å²) in [4.78, 5) is 0. The van der Waals surface area contributed by atoms with E-state index in [0.29, 0.717) is 4.47 Å². The first kappa shape index (κ1) is 14.7. The second-order valence-electron chi connectivity index (χ2n) is 3.18. The molecule has 0 aliphatic rings. The van der Waals surface area contributed by atoms with E-state index >= 15 is 0 Å². The van der Waals surface area contributed by atoms with Crippen LogP contribution in [0, 0.1) is 0 Å². The molecule has 0 saturated heterocycles. The molecule has 0 radical (unpaired) electrons. The lowest BCUT2D eigenvalue weighted by Crippen LogP contribution is -2.33. The van der Waals surface area contributed by atoms with Gasteiger partial charge in [-0.1, -0.05) is 17.7 Å². The first-order valence-corrected chi connectivity index (χ1v) is 6.85. The lowest BCUT2D eigenvalue weighted by molar-refractivity contribution is -0.131. The summed E-state index contributed by atoms with van der Waals surface area (Å²) in [6, 6.07) is 3.13. The molecule has 0 aliphatic carbocycles. The maximum absolute atomic E-state index is 12.6. The van der Waals surface area contributed by atoms with Crippen LogP contribution in [0.5, 0.6) is 0 Å². The van der Waals surface area contributed by atoms with E-state index in [-0.39, 0.29) is 5.02 Å². The van der Waals surface area contributed by atoms with Crippen LogP contribution in [0.25, 0.3) is 0 Å². The molecule has 2 N–H and O–H groups in total. The Kier molecular flexibility index (Phi) is 4.12. The highest BCUT2D eigenvalue weighted by Crippen LogP contribution is 2.39. The number of rotatable bonds is 2. The van der Waals surface area contributed by atoms with E-state index in [1.807, 2.05) is 0 Å². The van der Waals surface area contributed by atoms with Crippen LogP contribution in [0.4, 0.5) is 13.2 Å². The molecule has 0 heterocycles. The Morgan fingerprint density at radius 2 is 1.88 bits per heavy atom. The molecular weight excluding hydrogens is 347 g/mol. The zero-order chi connectivity index (χ0) is 13.4. The summed E-state index contributed by atoms with van der Waals surface area (Å²) >= 11 is 8.59. The van der Waals surface area contributed by atoms with Gasteiger partial charge in [0.25, 0.3) is 0 Å². The van der Waals surface area contributed by atoms with Crippen molar-refractivity contribution in [2.45, 2.75) is 11.4 Å². The van der Waals surface area contributed by atoms with Gasteiger partial charge in [0.2, 0.25) is 10.0 Å². The highest BCUT2D eigenvalue weighted by atomic mass is 79.9. The fraction of sp³-hybridized carbons (Fsp3) is 0.250. The number of sulfonamides is 1. The third-order valence-electron chi connectivity index (χ3n) is 1.87. The number of primary sulfonamides is 1. The fourth-order valence-electron chi connectivity index (χ4n) is 1.24. The van der Waals surface area contributed by atoms with E-state index < -0.39 is 27.0 Å². The summed E-state index contributed by atoms with van der Waals surface area (Å²) in [7, 11) is -4.80. The minimum Gasteiger partial charge on any atom is -0.228 e. The molecular formula is C8H6BrClF3NO2S. The van der Waals surface area contributed by atoms with Gasteiger partial charge in [-0.25, -0.2) is 13.6 Å². The largest absolute Gasteiger partial charge is 0.410 e. The van der Waals surface area contributed by atoms with E-state index in [1.54, 1.807) is 0 Å². The van der Waals surface area contributed by atoms with Crippen LogP contribution in [-0.4, -0.2) is 14.6 Å². The average Bonchev–Trinajstić information content (AvgIpc) is 2.06. The first-order valence-electron chi connectivity index (χ1n) is 4.07. The summed E-state index contributed by atoms with van der Waals surface area (Å²) < 4.78 is 60.2. The van der Waals surface area contributed by atoms with Gasteiger partial charge >= 0.3 is 6.18 Å². The third kappa shape index (κ3) is 3.57. The number of benzene rings is 1. The Balaban J connectivity index is 3.39. The van der Waals surface area contributed by atoms with Crippen molar-refractivity contribution in [2.75, 3.05) is 0 Å². The van der Waals surface area contributed by atoms with Gasteiger partial charge in [0.15, 0.2) is 5.25 Å². The fourth-order valence-corrected chi connectivity index (χ4v) is 2.57. The third-order valence-corrected chi connectivity index (χ3v) is 4.30. The topological polar surface area (TPSA) is 60.2 Å². The molecule has 1 aromatic carbocycles. The highest BCUT2D eigenvalue weighted by Gasteiger charge is 2.48. The minimum absolute atomic E-state index is 0.0274. The van der Waals surface area contributed by atoms with Crippen molar-refractivity contribution in [1.29, 1.82) is 0 Å². The van der Waals surface area contributed by atoms with E-state index in [1.165, 1.54) is 6.07 Å². The molecule has 0 saturated carbocycles. The van der Waals surface area contributed by atoms with Crippen molar-refractivity contribution >= 4 is 37.6 Å². The van der Waals surface area contributed by atoms with Gasteiger partial charge in [-0.3, -0.25) is 0 Å². The van der Waals surface area contributed by atoms with Gasteiger partial charge in [0, 0.05) is 4.47 Å². The molecule has 17 heavy (non-hydrogen) atoms. The lowest BCUT2D eigenvalue weighted by atomic mass is 10.1. The Morgan fingerprint density at radius 3 is 2.24 bits per heavy atom. The first-order chi connectivity index (χ1) is 7.53. The Hall–Kier alpha value is -0.310. The molecule has 9 heteroatoms. The molecule has 0 amide bonds. The van der Waals surface area contributed by atoms with Gasteiger partial charge in [0.05, 0.1) is 5.02 Å². The molecule has 1 rings (SSSR count). The predicted molar refractivity (Wildman–Crippen MR) is 61.1 cm³/mol. The maximum atomic E-state index is 12.6. The SMILES string of the molecule is NS(=O)(=O)C(c1ccc(Br)c(Cl)c1)C(F)(F)F. The van der Waals surface area contributed by atoms with Crippen molar-refractivity contribution in [2.24, 2.45) is 5.14 Å². The van der Waals surface area contributed by atoms with Gasteiger partial charge in [-0.05, 0) is 33.6 Å². The number of hydrogen-bond acceptors (Lipinski definition) is 2. The minimum atomic E-state index is -5.00. The summed E-state index contributed by atoms with van der Waals surface area (Å²) in [5.74, 6) is 0. The van der Waals surface area contributed by atoms with Gasteiger partial charge in [-0.15, -0.1) is 0 Å². The summed E-state index contributed by atoms with van der Waals surface area (Å²) in [6.07, 6.45) is -5.00. The zero-order valence-electron chi connectivity index (χ0n) is 8.00. The van der Waals surface area contributed by atoms with Gasteiger partial charge < -0.3 is 0 Å². The van der Waals surface area contributed by atoms with E-state index in [9.17, 15) is 21.6 Å². The number of alkyl halides is 3. The quantitative estimate of drug-likeness (QED) is 0.889.